The second-order valence-corrected chi connectivity index (χ2v) is 7.68. The number of anilines is 2. The first-order chi connectivity index (χ1) is 13.9. The lowest BCUT2D eigenvalue weighted by Gasteiger charge is -2.24. The Morgan fingerprint density at radius 2 is 1.62 bits per heavy atom. The number of allylic oxidation sites excluding steroid dienone is 2. The zero-order valence-electron chi connectivity index (χ0n) is 16.0. The summed E-state index contributed by atoms with van der Waals surface area (Å²) in [5.41, 5.74) is 2.60. The standard InChI is InChI=1S/C23H22N2O4/c1-13-11-17(9-10-18(13)25-21(26)14-5-3-2-4-6-14)24-22(27)19-15-7-8-16(12-15)20(19)23(28)29/h2-11,15-16,19-20H,12H2,1H3,(H,24,27)(H,25,26)(H,28,29)/t15-,16-,19-,20+/m0/s1. The Labute approximate surface area is 168 Å². The van der Waals surface area contributed by atoms with E-state index in [-0.39, 0.29) is 23.7 Å². The minimum Gasteiger partial charge on any atom is -0.481 e. The van der Waals surface area contributed by atoms with Gasteiger partial charge in [0.15, 0.2) is 0 Å². The summed E-state index contributed by atoms with van der Waals surface area (Å²) in [7, 11) is 0. The molecule has 4 atom stereocenters. The monoisotopic (exact) mass is 390 g/mol. The Kier molecular flexibility index (Phi) is 4.92. The van der Waals surface area contributed by atoms with Crippen LogP contribution < -0.4 is 10.6 Å². The third-order valence-electron chi connectivity index (χ3n) is 5.83. The van der Waals surface area contributed by atoms with E-state index in [1.54, 1.807) is 42.5 Å². The quantitative estimate of drug-likeness (QED) is 0.678. The van der Waals surface area contributed by atoms with E-state index in [1.807, 2.05) is 25.1 Å². The van der Waals surface area contributed by atoms with Crippen LogP contribution in [0.1, 0.15) is 22.3 Å². The van der Waals surface area contributed by atoms with Gasteiger partial charge in [-0.3, -0.25) is 14.4 Å². The highest BCUT2D eigenvalue weighted by Gasteiger charge is 2.51. The van der Waals surface area contributed by atoms with Crippen molar-refractivity contribution in [3.63, 3.8) is 0 Å². The van der Waals surface area contributed by atoms with Crippen LogP contribution in [0.25, 0.3) is 0 Å². The molecular formula is C23H22N2O4. The van der Waals surface area contributed by atoms with Crippen LogP contribution in [0.15, 0.2) is 60.7 Å². The Balaban J connectivity index is 1.46. The summed E-state index contributed by atoms with van der Waals surface area (Å²) in [4.78, 5) is 36.8. The number of aryl methyl sites for hydroxylation is 1. The van der Waals surface area contributed by atoms with Gasteiger partial charge in [-0.15, -0.1) is 0 Å². The molecule has 2 aliphatic carbocycles. The van der Waals surface area contributed by atoms with Gasteiger partial charge in [-0.2, -0.15) is 0 Å². The minimum absolute atomic E-state index is 0.0216. The molecule has 6 nitrogen and oxygen atoms in total. The molecule has 0 spiro atoms. The highest BCUT2D eigenvalue weighted by Crippen LogP contribution is 2.48. The number of hydrogen-bond acceptors (Lipinski definition) is 3. The Morgan fingerprint density at radius 1 is 0.931 bits per heavy atom. The van der Waals surface area contributed by atoms with Crippen LogP contribution in [-0.2, 0) is 9.59 Å². The number of carbonyl (C=O) groups is 3. The van der Waals surface area contributed by atoms with Crippen LogP contribution in [-0.4, -0.2) is 22.9 Å². The molecule has 2 aromatic carbocycles. The van der Waals surface area contributed by atoms with E-state index < -0.39 is 17.8 Å². The van der Waals surface area contributed by atoms with Gasteiger partial charge in [0.1, 0.15) is 0 Å². The smallest absolute Gasteiger partial charge is 0.307 e. The maximum atomic E-state index is 12.8. The number of benzene rings is 2. The molecule has 0 aromatic heterocycles. The number of rotatable bonds is 5. The molecule has 6 heteroatoms. The van der Waals surface area contributed by atoms with Gasteiger partial charge in [0, 0.05) is 16.9 Å². The van der Waals surface area contributed by atoms with Crippen LogP contribution in [0.5, 0.6) is 0 Å². The first-order valence-corrected chi connectivity index (χ1v) is 9.63. The van der Waals surface area contributed by atoms with Crippen LogP contribution in [0.2, 0.25) is 0 Å². The van der Waals surface area contributed by atoms with E-state index in [0.717, 1.165) is 12.0 Å². The molecule has 1 saturated carbocycles. The molecule has 4 rings (SSSR count). The number of aliphatic carboxylic acids is 1. The first-order valence-electron chi connectivity index (χ1n) is 9.63. The third kappa shape index (κ3) is 3.66. The van der Waals surface area contributed by atoms with Gasteiger partial charge in [-0.25, -0.2) is 0 Å². The van der Waals surface area contributed by atoms with Crippen LogP contribution in [0, 0.1) is 30.6 Å². The largest absolute Gasteiger partial charge is 0.481 e. The normalized spacial score (nSPS) is 24.3. The van der Waals surface area contributed by atoms with Crippen molar-refractivity contribution in [3.05, 3.63) is 71.8 Å². The molecule has 2 bridgehead atoms. The van der Waals surface area contributed by atoms with Crippen LogP contribution >= 0.6 is 0 Å². The summed E-state index contributed by atoms with van der Waals surface area (Å²) in [6.45, 7) is 1.84. The van der Waals surface area contributed by atoms with Crippen molar-refractivity contribution < 1.29 is 19.5 Å². The Hall–Kier alpha value is -3.41. The summed E-state index contributed by atoms with van der Waals surface area (Å²) in [5.74, 6) is -2.71. The summed E-state index contributed by atoms with van der Waals surface area (Å²) in [6.07, 6.45) is 4.60. The molecule has 0 unspecified atom stereocenters. The topological polar surface area (TPSA) is 95.5 Å². The molecule has 3 N–H and O–H groups in total. The molecule has 0 heterocycles. The average Bonchev–Trinajstić information content (AvgIpc) is 3.32. The predicted molar refractivity (Wildman–Crippen MR) is 110 cm³/mol. The Bertz CT molecular complexity index is 999. The van der Waals surface area contributed by atoms with Crippen LogP contribution in [0.4, 0.5) is 11.4 Å². The van der Waals surface area contributed by atoms with Gasteiger partial charge in [0.25, 0.3) is 5.91 Å². The molecule has 2 amide bonds. The lowest BCUT2D eigenvalue weighted by molar-refractivity contribution is -0.146. The fourth-order valence-electron chi connectivity index (χ4n) is 4.41. The third-order valence-corrected chi connectivity index (χ3v) is 5.83. The number of carbonyl (C=O) groups excluding carboxylic acids is 2. The summed E-state index contributed by atoms with van der Waals surface area (Å²) < 4.78 is 0. The number of fused-ring (bicyclic) bond motifs is 2. The second-order valence-electron chi connectivity index (χ2n) is 7.68. The average molecular weight is 390 g/mol. The van der Waals surface area contributed by atoms with E-state index in [4.69, 9.17) is 0 Å². The molecule has 1 fully saturated rings. The number of carboxylic acids is 1. The lowest BCUT2D eigenvalue weighted by Crippen LogP contribution is -2.36. The van der Waals surface area contributed by atoms with Gasteiger partial charge in [-0.05, 0) is 61.1 Å². The van der Waals surface area contributed by atoms with Gasteiger partial charge in [-0.1, -0.05) is 30.4 Å². The highest BCUT2D eigenvalue weighted by molar-refractivity contribution is 6.05. The van der Waals surface area contributed by atoms with Gasteiger partial charge in [0.2, 0.25) is 5.91 Å². The zero-order valence-corrected chi connectivity index (χ0v) is 16.0. The van der Waals surface area contributed by atoms with Crippen molar-refractivity contribution in [3.8, 4) is 0 Å². The summed E-state index contributed by atoms with van der Waals surface area (Å²) in [6, 6.07) is 14.2. The van der Waals surface area contributed by atoms with Gasteiger partial charge in [0.05, 0.1) is 11.8 Å². The van der Waals surface area contributed by atoms with Crippen LogP contribution in [0.3, 0.4) is 0 Å². The molecule has 0 radical (unpaired) electrons. The maximum Gasteiger partial charge on any atom is 0.307 e. The SMILES string of the molecule is Cc1cc(NC(=O)[C@@H]2[C@H](C(=O)O)[C@H]3C=C[C@H]2C3)ccc1NC(=O)c1ccccc1. The number of hydrogen-bond donors (Lipinski definition) is 3. The maximum absolute atomic E-state index is 12.8. The van der Waals surface area contributed by atoms with Crippen molar-refractivity contribution in [1.82, 2.24) is 0 Å². The van der Waals surface area contributed by atoms with Crippen molar-refractivity contribution in [2.75, 3.05) is 10.6 Å². The fraction of sp³-hybridized carbons (Fsp3) is 0.261. The molecule has 29 heavy (non-hydrogen) atoms. The van der Waals surface area contributed by atoms with Crippen molar-refractivity contribution in [2.45, 2.75) is 13.3 Å². The van der Waals surface area contributed by atoms with E-state index in [1.165, 1.54) is 0 Å². The van der Waals surface area contributed by atoms with E-state index >= 15 is 0 Å². The van der Waals surface area contributed by atoms with Gasteiger partial charge < -0.3 is 15.7 Å². The van der Waals surface area contributed by atoms with E-state index in [0.29, 0.717) is 16.9 Å². The molecule has 148 valence electrons. The van der Waals surface area contributed by atoms with Crippen molar-refractivity contribution >= 4 is 29.2 Å². The van der Waals surface area contributed by atoms with E-state index in [9.17, 15) is 19.5 Å². The summed E-state index contributed by atoms with van der Waals surface area (Å²) in [5, 5.41) is 15.3. The molecular weight excluding hydrogens is 368 g/mol. The van der Waals surface area contributed by atoms with Crippen molar-refractivity contribution in [1.29, 1.82) is 0 Å². The fourth-order valence-corrected chi connectivity index (χ4v) is 4.41. The number of amides is 2. The number of nitrogens with one attached hydrogen (secondary N) is 2. The first kappa shape index (κ1) is 18.9. The number of carboxylic acid groups (broad SMARTS) is 1. The van der Waals surface area contributed by atoms with Gasteiger partial charge >= 0.3 is 5.97 Å². The lowest BCUT2D eigenvalue weighted by atomic mass is 9.82. The highest BCUT2D eigenvalue weighted by atomic mass is 16.4. The van der Waals surface area contributed by atoms with E-state index in [2.05, 4.69) is 10.6 Å². The molecule has 0 aliphatic heterocycles. The summed E-state index contributed by atoms with van der Waals surface area (Å²) >= 11 is 0. The second kappa shape index (κ2) is 7.54. The van der Waals surface area contributed by atoms with Crippen molar-refractivity contribution in [2.24, 2.45) is 23.7 Å². The molecule has 2 aliphatic rings. The Morgan fingerprint density at radius 3 is 2.28 bits per heavy atom. The zero-order chi connectivity index (χ0) is 20.5. The molecule has 2 aromatic rings. The minimum atomic E-state index is -0.919. The molecule has 0 saturated heterocycles. The predicted octanol–water partition coefficient (Wildman–Crippen LogP) is 3.71.